The lowest BCUT2D eigenvalue weighted by atomic mass is 10.1. The zero-order chi connectivity index (χ0) is 51.5. The molecule has 2 aliphatic heterocycles. The van der Waals surface area contributed by atoms with Crippen LogP contribution in [-0.4, -0.2) is 222 Å². The number of carboxylic acids is 5. The molecule has 5 rings (SSSR count). The largest absolute Gasteiger partial charge is 0.481 e. The Bertz CT molecular complexity index is 2300. The van der Waals surface area contributed by atoms with Crippen LogP contribution in [0.5, 0.6) is 0 Å². The number of fused-ring (bicyclic) bond motifs is 1. The van der Waals surface area contributed by atoms with Gasteiger partial charge in [0.15, 0.2) is 0 Å². The van der Waals surface area contributed by atoms with Gasteiger partial charge >= 0.3 is 29.8 Å². The van der Waals surface area contributed by atoms with E-state index in [1.54, 1.807) is 55.1 Å². The van der Waals surface area contributed by atoms with Crippen molar-refractivity contribution in [1.29, 1.82) is 0 Å². The third kappa shape index (κ3) is 18.4. The molecule has 0 bridgehead atoms. The summed E-state index contributed by atoms with van der Waals surface area (Å²) in [4.78, 5) is 130. The first kappa shape index (κ1) is 54.5. The number of carboxylic acid groups (broad SMARTS) is 5. The van der Waals surface area contributed by atoms with Crippen molar-refractivity contribution in [2.24, 2.45) is 0 Å². The van der Waals surface area contributed by atoms with Gasteiger partial charge in [-0.15, -0.1) is 0 Å². The van der Waals surface area contributed by atoms with Gasteiger partial charge in [-0.05, 0) is 35.7 Å². The van der Waals surface area contributed by atoms with E-state index < -0.39 is 72.5 Å². The topological polar surface area (TPSA) is 339 Å². The smallest absolute Gasteiger partial charge is 0.317 e. The molecule has 2 atom stereocenters. The summed E-state index contributed by atoms with van der Waals surface area (Å²) < 4.78 is 0. The molecule has 4 amide bonds. The number of benzene rings is 2. The predicted molar refractivity (Wildman–Crippen MR) is 251 cm³/mol. The van der Waals surface area contributed by atoms with Gasteiger partial charge in [0, 0.05) is 102 Å². The van der Waals surface area contributed by atoms with Crippen LogP contribution in [0.3, 0.4) is 0 Å². The molecule has 0 aliphatic carbocycles. The third-order valence-corrected chi connectivity index (χ3v) is 11.7. The molecular weight excluding hydrogens is 931 g/mol. The van der Waals surface area contributed by atoms with Crippen molar-refractivity contribution in [3.05, 3.63) is 83.4 Å². The Labute approximate surface area is 408 Å². The molecule has 3 heterocycles. The van der Waals surface area contributed by atoms with Crippen LogP contribution in [0.4, 0.5) is 5.69 Å². The van der Waals surface area contributed by atoms with Crippen molar-refractivity contribution in [3.63, 3.8) is 0 Å². The number of nitrogens with zero attached hydrogens (tertiary/aromatic N) is 7. The average molecular weight is 992 g/mol. The number of rotatable bonds is 23. The van der Waals surface area contributed by atoms with Crippen molar-refractivity contribution < 1.29 is 68.7 Å². The van der Waals surface area contributed by atoms with Gasteiger partial charge in [0.25, 0.3) is 5.91 Å². The number of hydrogen-bond donors (Lipinski definition) is 9. The van der Waals surface area contributed by atoms with Gasteiger partial charge in [0.2, 0.25) is 17.7 Å². The fraction of sp³-hybridized carbons (Fsp3) is 0.478. The lowest BCUT2D eigenvalue weighted by Crippen LogP contribution is -2.52. The highest BCUT2D eigenvalue weighted by Crippen LogP contribution is 2.27. The van der Waals surface area contributed by atoms with E-state index in [0.29, 0.717) is 22.6 Å². The number of anilines is 1. The van der Waals surface area contributed by atoms with Crippen molar-refractivity contribution in [1.82, 2.24) is 50.0 Å². The second kappa shape index (κ2) is 27.1. The molecule has 25 nitrogen and oxygen atoms in total. The van der Waals surface area contributed by atoms with Crippen LogP contribution in [0.15, 0.2) is 60.9 Å². The highest BCUT2D eigenvalue weighted by Gasteiger charge is 2.32. The summed E-state index contributed by atoms with van der Waals surface area (Å²) in [6, 6.07) is 11.6. The maximum absolute atomic E-state index is 14.1. The van der Waals surface area contributed by atoms with Crippen molar-refractivity contribution in [2.75, 3.05) is 96.9 Å². The molecule has 0 unspecified atom stereocenters. The van der Waals surface area contributed by atoms with Crippen molar-refractivity contribution in [2.45, 2.75) is 51.0 Å². The quantitative estimate of drug-likeness (QED) is 0.0504. The van der Waals surface area contributed by atoms with Crippen molar-refractivity contribution >= 4 is 59.2 Å². The Morgan fingerprint density at radius 2 is 1.30 bits per heavy atom. The number of H-pyrrole nitrogens is 1. The summed E-state index contributed by atoms with van der Waals surface area (Å²) in [6.45, 7) is -0.0301. The molecular formula is C46H61N11O14. The van der Waals surface area contributed by atoms with E-state index >= 15 is 0 Å². The average Bonchev–Trinajstić information content (AvgIpc) is 3.78. The normalized spacial score (nSPS) is 17.0. The Balaban J connectivity index is 1.23. The Hall–Kier alpha value is -7.48. The molecule has 1 saturated heterocycles. The predicted octanol–water partition coefficient (Wildman–Crippen LogP) is -1.21. The minimum Gasteiger partial charge on any atom is -0.481 e. The van der Waals surface area contributed by atoms with E-state index in [4.69, 9.17) is 0 Å². The van der Waals surface area contributed by atoms with E-state index in [1.807, 2.05) is 30.3 Å². The summed E-state index contributed by atoms with van der Waals surface area (Å²) >= 11 is 0. The maximum Gasteiger partial charge on any atom is 0.317 e. The summed E-state index contributed by atoms with van der Waals surface area (Å²) in [7, 11) is 0. The number of carbonyl (C=O) groups excluding carboxylic acids is 4. The highest BCUT2D eigenvalue weighted by atomic mass is 16.4. The molecule has 1 fully saturated rings. The minimum absolute atomic E-state index is 0.00739. The van der Waals surface area contributed by atoms with Crippen LogP contribution in [0.25, 0.3) is 0 Å². The second-order valence-electron chi connectivity index (χ2n) is 17.3. The SMILES string of the molecule is O=C(O)C[C@H](NC(=O)CN1CCN(CC(=O)O)CCN(CC(=O)O)CCN(CC(=O)O)CC1)C(=O)NCCCN1Cc2cc(C(=O)N(Cc3ccccc3)Cc3ncc[nH]3)ccc2N[C@@H](CC(=O)O)C1=O. The number of aromatic amines is 1. The van der Waals surface area contributed by atoms with Gasteiger partial charge in [-0.1, -0.05) is 30.3 Å². The number of carbonyl (C=O) groups is 9. The van der Waals surface area contributed by atoms with Crippen LogP contribution in [-0.2, 0) is 58.0 Å². The molecule has 1 aromatic heterocycles. The summed E-state index contributed by atoms with van der Waals surface area (Å²) in [6.07, 6.45) is 2.01. The van der Waals surface area contributed by atoms with Crippen molar-refractivity contribution in [3.8, 4) is 0 Å². The lowest BCUT2D eigenvalue weighted by Gasteiger charge is -2.33. The Morgan fingerprint density at radius 3 is 1.82 bits per heavy atom. The van der Waals surface area contributed by atoms with Gasteiger partial charge in [0.05, 0.1) is 45.6 Å². The Morgan fingerprint density at radius 1 is 0.718 bits per heavy atom. The number of aliphatic carboxylic acids is 5. The molecule has 2 aromatic carbocycles. The monoisotopic (exact) mass is 991 g/mol. The number of aromatic nitrogens is 2. The molecule has 25 heteroatoms. The molecule has 0 radical (unpaired) electrons. The van der Waals surface area contributed by atoms with Gasteiger partial charge in [0.1, 0.15) is 17.9 Å². The first-order valence-corrected chi connectivity index (χ1v) is 23.0. The third-order valence-electron chi connectivity index (χ3n) is 11.7. The number of imidazole rings is 1. The summed E-state index contributed by atoms with van der Waals surface area (Å²) in [5.74, 6) is -7.85. The van der Waals surface area contributed by atoms with E-state index in [0.717, 1.165) is 5.56 Å². The van der Waals surface area contributed by atoms with E-state index in [9.17, 15) is 68.7 Å². The molecule has 3 aromatic rings. The molecule has 2 aliphatic rings. The standard InChI is InChI=1S/C46H61N11O14/c58-38(27-52-13-15-53(28-41(63)64)17-19-55(30-43(67)68)20-18-54(16-14-52)29-42(65)66)51-35(22-39(59)60)44(69)49-9-4-12-56-25-33-21-32(7-8-34(33)50-36(46(56)71)23-40(61)62)45(70)57(26-37-47-10-11-48-37)24-31-5-2-1-3-6-31/h1-3,5-8,10-11,21,35-36,50H,4,9,12-20,22-30H2,(H,47,48)(H,49,69)(H,51,58)(H,59,60)(H,61,62)(H,63,64)(H,65,66)(H,67,68)/t35-,36-/m0/s1. The van der Waals surface area contributed by atoms with Crippen LogP contribution in [0, 0.1) is 0 Å². The molecule has 384 valence electrons. The Kier molecular flexibility index (Phi) is 20.8. The zero-order valence-corrected chi connectivity index (χ0v) is 39.1. The fourth-order valence-electron chi connectivity index (χ4n) is 8.22. The lowest BCUT2D eigenvalue weighted by molar-refractivity contribution is -0.141. The van der Waals surface area contributed by atoms with E-state index in [1.165, 1.54) is 4.90 Å². The molecule has 0 spiro atoms. The zero-order valence-electron chi connectivity index (χ0n) is 39.1. The molecule has 71 heavy (non-hydrogen) atoms. The van der Waals surface area contributed by atoms with Crippen LogP contribution >= 0.6 is 0 Å². The first-order valence-electron chi connectivity index (χ1n) is 23.0. The minimum atomic E-state index is -1.54. The van der Waals surface area contributed by atoms with Gasteiger partial charge in [-0.3, -0.25) is 62.8 Å². The second-order valence-corrected chi connectivity index (χ2v) is 17.3. The van der Waals surface area contributed by atoms with E-state index in [2.05, 4.69) is 25.9 Å². The maximum atomic E-state index is 14.1. The molecule has 9 N–H and O–H groups in total. The van der Waals surface area contributed by atoms with Gasteiger partial charge in [-0.25, -0.2) is 4.98 Å². The number of nitrogens with one attached hydrogen (secondary N) is 4. The van der Waals surface area contributed by atoms with Gasteiger partial charge < -0.3 is 56.3 Å². The first-order chi connectivity index (χ1) is 33.9. The van der Waals surface area contributed by atoms with E-state index in [-0.39, 0.29) is 124 Å². The number of amides is 4. The fourth-order valence-corrected chi connectivity index (χ4v) is 8.22. The summed E-state index contributed by atoms with van der Waals surface area (Å²) in [5, 5.41) is 55.9. The molecule has 0 saturated carbocycles. The van der Waals surface area contributed by atoms with Crippen LogP contribution < -0.4 is 16.0 Å². The summed E-state index contributed by atoms with van der Waals surface area (Å²) in [5.41, 5.74) is 2.19. The van der Waals surface area contributed by atoms with Gasteiger partial charge in [-0.2, -0.15) is 0 Å². The highest BCUT2D eigenvalue weighted by molar-refractivity contribution is 5.96. The number of hydrogen-bond acceptors (Lipinski definition) is 15. The van der Waals surface area contributed by atoms with Crippen LogP contribution in [0.2, 0.25) is 0 Å². The van der Waals surface area contributed by atoms with Crippen LogP contribution in [0.1, 0.15) is 46.6 Å².